The largest absolute Gasteiger partial charge is 0.497 e. The summed E-state index contributed by atoms with van der Waals surface area (Å²) in [5, 5.41) is 1.64. The van der Waals surface area contributed by atoms with E-state index in [9.17, 15) is 4.79 Å². The van der Waals surface area contributed by atoms with Crippen molar-refractivity contribution in [3.8, 4) is 5.75 Å². The molecule has 2 aromatic carbocycles. The summed E-state index contributed by atoms with van der Waals surface area (Å²) in [6.07, 6.45) is 0.801. The van der Waals surface area contributed by atoms with Crippen molar-refractivity contribution in [1.82, 2.24) is 4.90 Å². The third-order valence-corrected chi connectivity index (χ3v) is 5.91. The van der Waals surface area contributed by atoms with Crippen LogP contribution in [0.25, 0.3) is 11.0 Å². The molecule has 152 valence electrons. The van der Waals surface area contributed by atoms with E-state index in [1.165, 1.54) is 5.69 Å². The SMILES string of the molecule is CCc1cc2oc(=O)cc(CN3CCN(c4cccc(OC)c4)CC3)c2cc1Cl. The summed E-state index contributed by atoms with van der Waals surface area (Å²) in [6, 6.07) is 13.6. The first-order chi connectivity index (χ1) is 14.1. The molecular weight excluding hydrogens is 388 g/mol. The second-order valence-corrected chi connectivity index (χ2v) is 7.76. The van der Waals surface area contributed by atoms with Crippen LogP contribution in [-0.2, 0) is 13.0 Å². The number of fused-ring (bicyclic) bond motifs is 1. The zero-order chi connectivity index (χ0) is 20.4. The Kier molecular flexibility index (Phi) is 5.79. The van der Waals surface area contributed by atoms with Crippen LogP contribution < -0.4 is 15.3 Å². The van der Waals surface area contributed by atoms with E-state index in [0.717, 1.165) is 59.9 Å². The fraction of sp³-hybridized carbons (Fsp3) is 0.348. The fourth-order valence-corrected chi connectivity index (χ4v) is 4.20. The quantitative estimate of drug-likeness (QED) is 0.583. The fourth-order valence-electron chi connectivity index (χ4n) is 3.90. The van der Waals surface area contributed by atoms with Gasteiger partial charge in [-0.1, -0.05) is 24.6 Å². The number of ether oxygens (including phenoxy) is 1. The number of hydrogen-bond donors (Lipinski definition) is 0. The molecule has 29 heavy (non-hydrogen) atoms. The van der Waals surface area contributed by atoms with Crippen molar-refractivity contribution in [1.29, 1.82) is 0 Å². The molecule has 0 spiro atoms. The Balaban J connectivity index is 1.51. The minimum absolute atomic E-state index is 0.313. The molecule has 0 atom stereocenters. The summed E-state index contributed by atoms with van der Waals surface area (Å²) in [6.45, 7) is 6.42. The van der Waals surface area contributed by atoms with E-state index in [2.05, 4.69) is 21.9 Å². The Hall–Kier alpha value is -2.50. The van der Waals surface area contributed by atoms with Gasteiger partial charge in [-0.2, -0.15) is 0 Å². The first-order valence-corrected chi connectivity index (χ1v) is 10.3. The Morgan fingerprint density at radius 2 is 1.86 bits per heavy atom. The monoisotopic (exact) mass is 412 g/mol. The van der Waals surface area contributed by atoms with Gasteiger partial charge in [-0.15, -0.1) is 0 Å². The Bertz CT molecular complexity index is 1070. The summed E-state index contributed by atoms with van der Waals surface area (Å²) in [4.78, 5) is 16.8. The Labute approximate surface area is 175 Å². The summed E-state index contributed by atoms with van der Waals surface area (Å²) < 4.78 is 10.8. The van der Waals surface area contributed by atoms with Crippen molar-refractivity contribution < 1.29 is 9.15 Å². The minimum atomic E-state index is -0.313. The Morgan fingerprint density at radius 1 is 1.07 bits per heavy atom. The van der Waals surface area contributed by atoms with Crippen LogP contribution in [0.3, 0.4) is 0 Å². The number of benzene rings is 2. The standard InChI is InChI=1S/C23H25ClN2O3/c1-3-16-11-22-20(14-21(16)24)17(12-23(27)29-22)15-25-7-9-26(10-8-25)18-5-4-6-19(13-18)28-2/h4-6,11-14H,3,7-10,15H2,1-2H3. The molecule has 1 aromatic heterocycles. The lowest BCUT2D eigenvalue weighted by atomic mass is 10.1. The van der Waals surface area contributed by atoms with E-state index in [1.54, 1.807) is 13.2 Å². The van der Waals surface area contributed by atoms with Crippen LogP contribution in [0.5, 0.6) is 5.75 Å². The number of nitrogens with zero attached hydrogens (tertiary/aromatic N) is 2. The number of methoxy groups -OCH3 is 1. The van der Waals surface area contributed by atoms with Gasteiger partial charge in [0.25, 0.3) is 0 Å². The van der Waals surface area contributed by atoms with Gasteiger partial charge < -0.3 is 14.1 Å². The molecule has 0 radical (unpaired) electrons. The lowest BCUT2D eigenvalue weighted by Gasteiger charge is -2.36. The zero-order valence-corrected chi connectivity index (χ0v) is 17.5. The summed E-state index contributed by atoms with van der Waals surface area (Å²) in [5.41, 5.74) is 3.44. The average molecular weight is 413 g/mol. The highest BCUT2D eigenvalue weighted by Crippen LogP contribution is 2.27. The summed E-state index contributed by atoms with van der Waals surface area (Å²) in [5.74, 6) is 0.871. The van der Waals surface area contributed by atoms with E-state index in [1.807, 2.05) is 31.2 Å². The maximum atomic E-state index is 12.1. The summed E-state index contributed by atoms with van der Waals surface area (Å²) in [7, 11) is 1.69. The van der Waals surface area contributed by atoms with Crippen molar-refractivity contribution in [3.05, 3.63) is 69.0 Å². The normalized spacial score (nSPS) is 15.1. The highest BCUT2D eigenvalue weighted by Gasteiger charge is 2.19. The topological polar surface area (TPSA) is 45.9 Å². The van der Waals surface area contributed by atoms with E-state index >= 15 is 0 Å². The second-order valence-electron chi connectivity index (χ2n) is 7.35. The van der Waals surface area contributed by atoms with E-state index in [4.69, 9.17) is 20.8 Å². The highest BCUT2D eigenvalue weighted by atomic mass is 35.5. The molecule has 0 bridgehead atoms. The van der Waals surface area contributed by atoms with Crippen molar-refractivity contribution in [3.63, 3.8) is 0 Å². The first-order valence-electron chi connectivity index (χ1n) is 9.94. The average Bonchev–Trinajstić information content (AvgIpc) is 2.74. The van der Waals surface area contributed by atoms with Crippen LogP contribution >= 0.6 is 11.6 Å². The lowest BCUT2D eigenvalue weighted by molar-refractivity contribution is 0.250. The number of aryl methyl sites for hydroxylation is 1. The molecule has 0 aliphatic carbocycles. The van der Waals surface area contributed by atoms with Gasteiger partial charge in [0.2, 0.25) is 0 Å². The van der Waals surface area contributed by atoms with Crippen LogP contribution in [0.4, 0.5) is 5.69 Å². The lowest BCUT2D eigenvalue weighted by Crippen LogP contribution is -2.46. The molecule has 6 heteroatoms. The van der Waals surface area contributed by atoms with E-state index < -0.39 is 0 Å². The molecule has 0 unspecified atom stereocenters. The van der Waals surface area contributed by atoms with Gasteiger partial charge in [0.05, 0.1) is 7.11 Å². The van der Waals surface area contributed by atoms with Crippen molar-refractivity contribution in [2.24, 2.45) is 0 Å². The molecule has 2 heterocycles. The molecule has 1 fully saturated rings. The number of piperazine rings is 1. The number of hydrogen-bond acceptors (Lipinski definition) is 5. The first kappa shape index (κ1) is 19.8. The predicted octanol–water partition coefficient (Wildman–Crippen LogP) is 4.34. The van der Waals surface area contributed by atoms with Crippen LogP contribution in [0, 0.1) is 0 Å². The zero-order valence-electron chi connectivity index (χ0n) is 16.8. The van der Waals surface area contributed by atoms with Crippen LogP contribution in [0.15, 0.2) is 51.7 Å². The van der Waals surface area contributed by atoms with Gasteiger partial charge >= 0.3 is 5.63 Å². The number of anilines is 1. The molecule has 0 amide bonds. The molecular formula is C23H25ClN2O3. The van der Waals surface area contributed by atoms with E-state index in [0.29, 0.717) is 12.1 Å². The maximum Gasteiger partial charge on any atom is 0.336 e. The van der Waals surface area contributed by atoms with Gasteiger partial charge in [-0.05, 0) is 41.8 Å². The van der Waals surface area contributed by atoms with E-state index in [-0.39, 0.29) is 5.63 Å². The number of rotatable bonds is 5. The molecule has 1 aliphatic heterocycles. The highest BCUT2D eigenvalue weighted by molar-refractivity contribution is 6.32. The summed E-state index contributed by atoms with van der Waals surface area (Å²) >= 11 is 6.42. The van der Waals surface area contributed by atoms with Gasteiger partial charge in [0, 0.05) is 61.0 Å². The van der Waals surface area contributed by atoms with Gasteiger partial charge in [-0.3, -0.25) is 4.90 Å². The minimum Gasteiger partial charge on any atom is -0.497 e. The van der Waals surface area contributed by atoms with Gasteiger partial charge in [-0.25, -0.2) is 4.79 Å². The Morgan fingerprint density at radius 3 is 2.59 bits per heavy atom. The number of halogens is 1. The van der Waals surface area contributed by atoms with Crippen molar-refractivity contribution in [2.45, 2.75) is 19.9 Å². The third kappa shape index (κ3) is 4.26. The molecule has 5 nitrogen and oxygen atoms in total. The van der Waals surface area contributed by atoms with Crippen LogP contribution in [0.2, 0.25) is 5.02 Å². The maximum absolute atomic E-state index is 12.1. The molecule has 4 rings (SSSR count). The van der Waals surface area contributed by atoms with Crippen LogP contribution in [0.1, 0.15) is 18.1 Å². The molecule has 0 saturated carbocycles. The molecule has 0 N–H and O–H groups in total. The van der Waals surface area contributed by atoms with Gasteiger partial charge in [0.15, 0.2) is 0 Å². The predicted molar refractivity (Wildman–Crippen MR) is 117 cm³/mol. The molecule has 1 aliphatic rings. The third-order valence-electron chi connectivity index (χ3n) is 5.56. The molecule has 3 aromatic rings. The van der Waals surface area contributed by atoms with Crippen molar-refractivity contribution >= 4 is 28.3 Å². The second kappa shape index (κ2) is 8.47. The smallest absolute Gasteiger partial charge is 0.336 e. The molecule has 1 saturated heterocycles. The van der Waals surface area contributed by atoms with Gasteiger partial charge in [0.1, 0.15) is 11.3 Å². The van der Waals surface area contributed by atoms with Crippen LogP contribution in [-0.4, -0.2) is 38.2 Å². The van der Waals surface area contributed by atoms with Crippen molar-refractivity contribution in [2.75, 3.05) is 38.2 Å².